The first kappa shape index (κ1) is 15.5. The number of benzene rings is 1. The van der Waals surface area contributed by atoms with Gasteiger partial charge in [0.05, 0.1) is 13.2 Å². The number of likely N-dealkylation sites (N-methyl/N-ethyl adjacent to an activating group) is 2. The number of rotatable bonds is 6. The minimum Gasteiger partial charge on any atom is -0.496 e. The monoisotopic (exact) mass is 266 g/mol. The van der Waals surface area contributed by atoms with Crippen LogP contribution >= 0.6 is 0 Å². The molecule has 19 heavy (non-hydrogen) atoms. The molecule has 0 aliphatic rings. The summed E-state index contributed by atoms with van der Waals surface area (Å²) >= 11 is 0. The Morgan fingerprint density at radius 3 is 2.32 bits per heavy atom. The van der Waals surface area contributed by atoms with Crippen molar-refractivity contribution in [3.63, 3.8) is 0 Å². The second kappa shape index (κ2) is 6.54. The minimum atomic E-state index is -0.899. The van der Waals surface area contributed by atoms with Crippen LogP contribution in [0.25, 0.3) is 0 Å². The predicted molar refractivity (Wildman–Crippen MR) is 74.8 cm³/mol. The lowest BCUT2D eigenvalue weighted by Gasteiger charge is -2.27. The highest BCUT2D eigenvalue weighted by Crippen LogP contribution is 2.31. The predicted octanol–water partition coefficient (Wildman–Crippen LogP) is 1.25. The van der Waals surface area contributed by atoms with Gasteiger partial charge in [0.15, 0.2) is 0 Å². The molecule has 3 N–H and O–H groups in total. The first-order valence-corrected chi connectivity index (χ1v) is 6.18. The lowest BCUT2D eigenvalue weighted by Crippen LogP contribution is -2.44. The van der Waals surface area contributed by atoms with E-state index in [4.69, 9.17) is 4.74 Å². The van der Waals surface area contributed by atoms with Crippen LogP contribution in [0.1, 0.15) is 22.7 Å². The molecule has 0 aliphatic carbocycles. The molecule has 0 heterocycles. The minimum absolute atomic E-state index is 0.363. The Bertz CT molecular complexity index is 460. The van der Waals surface area contributed by atoms with Gasteiger partial charge in [0, 0.05) is 5.56 Å². The van der Waals surface area contributed by atoms with Crippen molar-refractivity contribution < 1.29 is 14.6 Å². The number of methoxy groups -OCH3 is 1. The van der Waals surface area contributed by atoms with Crippen molar-refractivity contribution in [2.75, 3.05) is 21.2 Å². The van der Waals surface area contributed by atoms with E-state index in [1.54, 1.807) is 21.2 Å². The van der Waals surface area contributed by atoms with Crippen molar-refractivity contribution in [1.82, 2.24) is 10.6 Å². The van der Waals surface area contributed by atoms with Gasteiger partial charge < -0.3 is 20.5 Å². The molecule has 0 bridgehead atoms. The van der Waals surface area contributed by atoms with E-state index in [-0.39, 0.29) is 6.04 Å². The normalized spacial score (nSPS) is 13.9. The van der Waals surface area contributed by atoms with Gasteiger partial charge in [0.25, 0.3) is 0 Å². The highest BCUT2D eigenvalue weighted by molar-refractivity contribution is 5.75. The van der Waals surface area contributed by atoms with Crippen LogP contribution < -0.4 is 15.4 Å². The summed E-state index contributed by atoms with van der Waals surface area (Å²) in [6, 6.07) is 2.86. The van der Waals surface area contributed by atoms with Crippen molar-refractivity contribution in [3.8, 4) is 5.75 Å². The second-order valence-electron chi connectivity index (χ2n) is 4.57. The number of aliphatic carboxylic acids is 1. The van der Waals surface area contributed by atoms with Gasteiger partial charge in [-0.2, -0.15) is 0 Å². The fourth-order valence-electron chi connectivity index (χ4n) is 2.42. The van der Waals surface area contributed by atoms with Gasteiger partial charge in [-0.15, -0.1) is 0 Å². The molecular formula is C14H22N2O3. The van der Waals surface area contributed by atoms with E-state index in [9.17, 15) is 9.90 Å². The van der Waals surface area contributed by atoms with E-state index in [0.29, 0.717) is 5.75 Å². The first-order valence-electron chi connectivity index (χ1n) is 6.18. The maximum absolute atomic E-state index is 11.3. The summed E-state index contributed by atoms with van der Waals surface area (Å²) in [7, 11) is 4.98. The SMILES string of the molecule is CNC(C(=O)O)C(NC)c1c(C)cc(C)cc1OC. The third-order valence-corrected chi connectivity index (χ3v) is 3.25. The zero-order valence-corrected chi connectivity index (χ0v) is 12.1. The molecule has 0 saturated heterocycles. The topological polar surface area (TPSA) is 70.6 Å². The molecule has 0 aromatic heterocycles. The van der Waals surface area contributed by atoms with Crippen molar-refractivity contribution in [2.45, 2.75) is 25.9 Å². The molecule has 0 spiro atoms. The van der Waals surface area contributed by atoms with Gasteiger partial charge in [-0.25, -0.2) is 0 Å². The van der Waals surface area contributed by atoms with Crippen LogP contribution in [-0.2, 0) is 4.79 Å². The Morgan fingerprint density at radius 2 is 1.89 bits per heavy atom. The molecule has 2 atom stereocenters. The standard InChI is InChI=1S/C14H22N2O3/c1-8-6-9(2)11(10(7-8)19-5)12(15-3)13(16-4)14(17)18/h6-7,12-13,15-16H,1-5H3,(H,17,18). The molecule has 0 aliphatic heterocycles. The molecule has 2 unspecified atom stereocenters. The van der Waals surface area contributed by atoms with Gasteiger partial charge in [0.2, 0.25) is 0 Å². The fraction of sp³-hybridized carbons (Fsp3) is 0.500. The molecule has 0 amide bonds. The third kappa shape index (κ3) is 3.24. The number of nitrogens with one attached hydrogen (secondary N) is 2. The zero-order valence-electron chi connectivity index (χ0n) is 12.1. The summed E-state index contributed by atoms with van der Waals surface area (Å²) < 4.78 is 5.40. The number of carboxylic acids is 1. The maximum atomic E-state index is 11.3. The number of carboxylic acid groups (broad SMARTS) is 1. The van der Waals surface area contributed by atoms with E-state index >= 15 is 0 Å². The van der Waals surface area contributed by atoms with Crippen LogP contribution in [0.2, 0.25) is 0 Å². The second-order valence-corrected chi connectivity index (χ2v) is 4.57. The van der Waals surface area contributed by atoms with Crippen molar-refractivity contribution in [2.24, 2.45) is 0 Å². The van der Waals surface area contributed by atoms with E-state index in [2.05, 4.69) is 10.6 Å². The number of hydrogen-bond acceptors (Lipinski definition) is 4. The van der Waals surface area contributed by atoms with Crippen molar-refractivity contribution >= 4 is 5.97 Å². The van der Waals surface area contributed by atoms with E-state index in [1.165, 1.54) is 0 Å². The van der Waals surface area contributed by atoms with Gasteiger partial charge in [-0.05, 0) is 45.1 Å². The molecule has 0 radical (unpaired) electrons. The molecule has 5 nitrogen and oxygen atoms in total. The molecule has 1 aromatic rings. The molecule has 1 aromatic carbocycles. The van der Waals surface area contributed by atoms with Crippen LogP contribution in [0.5, 0.6) is 5.75 Å². The summed E-state index contributed by atoms with van der Waals surface area (Å²) in [6.07, 6.45) is 0. The number of hydrogen-bond donors (Lipinski definition) is 3. The Labute approximate surface area is 114 Å². The summed E-state index contributed by atoms with van der Waals surface area (Å²) in [6.45, 7) is 3.95. The lowest BCUT2D eigenvalue weighted by atomic mass is 9.93. The van der Waals surface area contributed by atoms with Gasteiger partial charge >= 0.3 is 5.97 Å². The summed E-state index contributed by atoms with van der Waals surface area (Å²) in [5.74, 6) is -0.192. The molecule has 0 fully saturated rings. The van der Waals surface area contributed by atoms with Gasteiger partial charge in [0.1, 0.15) is 11.8 Å². The van der Waals surface area contributed by atoms with E-state index in [0.717, 1.165) is 16.7 Å². The summed E-state index contributed by atoms with van der Waals surface area (Å²) in [5.41, 5.74) is 2.97. The Balaban J connectivity index is 3.35. The Hall–Kier alpha value is -1.59. The number of aryl methyl sites for hydroxylation is 2. The van der Waals surface area contributed by atoms with Crippen molar-refractivity contribution in [1.29, 1.82) is 0 Å². The Kier molecular flexibility index (Phi) is 5.32. The molecular weight excluding hydrogens is 244 g/mol. The molecule has 0 saturated carbocycles. The van der Waals surface area contributed by atoms with Crippen LogP contribution in [0.15, 0.2) is 12.1 Å². The van der Waals surface area contributed by atoms with E-state index in [1.807, 2.05) is 26.0 Å². The lowest BCUT2D eigenvalue weighted by molar-refractivity contribution is -0.140. The zero-order chi connectivity index (χ0) is 14.6. The third-order valence-electron chi connectivity index (χ3n) is 3.25. The average molecular weight is 266 g/mol. The quantitative estimate of drug-likeness (QED) is 0.723. The van der Waals surface area contributed by atoms with E-state index < -0.39 is 12.0 Å². The Morgan fingerprint density at radius 1 is 1.26 bits per heavy atom. The number of ether oxygens (including phenoxy) is 1. The number of carbonyl (C=O) groups is 1. The maximum Gasteiger partial charge on any atom is 0.322 e. The van der Waals surface area contributed by atoms with Crippen LogP contribution in [0.4, 0.5) is 0 Å². The largest absolute Gasteiger partial charge is 0.496 e. The highest BCUT2D eigenvalue weighted by atomic mass is 16.5. The summed E-state index contributed by atoms with van der Waals surface area (Å²) in [5, 5.41) is 15.2. The van der Waals surface area contributed by atoms with Crippen LogP contribution in [-0.4, -0.2) is 38.3 Å². The van der Waals surface area contributed by atoms with Crippen LogP contribution in [0, 0.1) is 13.8 Å². The molecule has 106 valence electrons. The average Bonchev–Trinajstić information content (AvgIpc) is 2.35. The summed E-state index contributed by atoms with van der Waals surface area (Å²) in [4.78, 5) is 11.3. The fourth-order valence-corrected chi connectivity index (χ4v) is 2.42. The smallest absolute Gasteiger partial charge is 0.322 e. The molecule has 5 heteroatoms. The first-order chi connectivity index (χ1) is 8.96. The van der Waals surface area contributed by atoms with Crippen molar-refractivity contribution in [3.05, 3.63) is 28.8 Å². The molecule has 1 rings (SSSR count). The highest BCUT2D eigenvalue weighted by Gasteiger charge is 2.30. The van der Waals surface area contributed by atoms with Gasteiger partial charge in [-0.3, -0.25) is 4.79 Å². The van der Waals surface area contributed by atoms with Gasteiger partial charge in [-0.1, -0.05) is 6.07 Å². The van der Waals surface area contributed by atoms with Crippen LogP contribution in [0.3, 0.4) is 0 Å².